The molecule has 1 saturated heterocycles. The third-order valence-corrected chi connectivity index (χ3v) is 8.79. The number of hydrogen-bond acceptors (Lipinski definition) is 6. The van der Waals surface area contributed by atoms with Gasteiger partial charge in [-0.25, -0.2) is 0 Å². The Kier molecular flexibility index (Phi) is 10.9. The summed E-state index contributed by atoms with van der Waals surface area (Å²) >= 11 is 0. The number of fused-ring (bicyclic) bond motifs is 3. The molecule has 4 rings (SSSR count). The number of nitriles is 1. The van der Waals surface area contributed by atoms with Crippen molar-refractivity contribution in [2.24, 2.45) is 5.92 Å². The van der Waals surface area contributed by atoms with Crippen LogP contribution >= 0.6 is 12.4 Å². The van der Waals surface area contributed by atoms with Gasteiger partial charge in [-0.3, -0.25) is 9.69 Å². The molecule has 0 unspecified atom stereocenters. The zero-order valence-corrected chi connectivity index (χ0v) is 25.3. The Bertz CT molecular complexity index is 1070. The van der Waals surface area contributed by atoms with Gasteiger partial charge in [0.05, 0.1) is 19.3 Å². The molecule has 1 aromatic carbocycles. The zero-order valence-electron chi connectivity index (χ0n) is 24.5. The fraction of sp³-hybridized carbons (Fsp3) is 0.688. The van der Waals surface area contributed by atoms with Crippen LogP contribution in [0.5, 0.6) is 11.5 Å². The molecule has 0 radical (unpaired) electrons. The number of allylic oxidation sites excluding steroid dienone is 2. The third kappa shape index (κ3) is 7.78. The Morgan fingerprint density at radius 1 is 1.21 bits per heavy atom. The number of halogens is 1. The van der Waals surface area contributed by atoms with Crippen molar-refractivity contribution in [2.75, 3.05) is 32.8 Å². The van der Waals surface area contributed by atoms with Crippen molar-refractivity contribution in [2.45, 2.75) is 103 Å². The molecule has 0 saturated carbocycles. The van der Waals surface area contributed by atoms with Crippen LogP contribution in [0.15, 0.2) is 23.8 Å². The molecule has 39 heavy (non-hydrogen) atoms. The van der Waals surface area contributed by atoms with Crippen molar-refractivity contribution in [3.05, 3.63) is 34.9 Å². The van der Waals surface area contributed by atoms with Gasteiger partial charge in [-0.15, -0.1) is 12.4 Å². The minimum absolute atomic E-state index is 0. The highest BCUT2D eigenvalue weighted by Crippen LogP contribution is 2.55. The molecule has 1 fully saturated rings. The van der Waals surface area contributed by atoms with Gasteiger partial charge in [-0.1, -0.05) is 31.9 Å². The van der Waals surface area contributed by atoms with Crippen molar-refractivity contribution >= 4 is 18.4 Å². The van der Waals surface area contributed by atoms with Gasteiger partial charge >= 0.3 is 5.97 Å². The highest BCUT2D eigenvalue weighted by molar-refractivity contribution is 5.85. The first kappa shape index (κ1) is 31.5. The summed E-state index contributed by atoms with van der Waals surface area (Å²) < 4.78 is 18.3. The summed E-state index contributed by atoms with van der Waals surface area (Å²) in [5.74, 6) is 1.97. The second kappa shape index (κ2) is 13.5. The number of hydrogen-bond donors (Lipinski definition) is 0. The molecular weight excluding hydrogens is 512 g/mol. The smallest absolute Gasteiger partial charge is 0.311 e. The highest BCUT2D eigenvalue weighted by atomic mass is 35.5. The van der Waals surface area contributed by atoms with Gasteiger partial charge < -0.3 is 14.2 Å². The molecule has 2 aliphatic heterocycles. The Labute approximate surface area is 241 Å². The Hall–Kier alpha value is -2.07. The lowest BCUT2D eigenvalue weighted by Gasteiger charge is -2.47. The first-order valence-corrected chi connectivity index (χ1v) is 14.5. The van der Waals surface area contributed by atoms with Crippen LogP contribution in [0.3, 0.4) is 0 Å². The average Bonchev–Trinajstić information content (AvgIpc) is 2.86. The van der Waals surface area contributed by atoms with Gasteiger partial charge in [0.2, 0.25) is 0 Å². The molecule has 1 aromatic rings. The predicted octanol–water partition coefficient (Wildman–Crippen LogP) is 7.10. The number of unbranched alkanes of at least 4 members (excludes halogenated alkanes) is 2. The number of benzene rings is 1. The SMILES string of the molecule is CC1=CC[C@@H]2[C@@H](C1)c1c(OC(=O)CCCN3CCOCC3)cc(C(C)(C)CCCCC#N)cc1OC2(C)C.Cl. The molecule has 7 heteroatoms. The largest absolute Gasteiger partial charge is 0.487 e. The summed E-state index contributed by atoms with van der Waals surface area (Å²) in [5, 5.41) is 8.94. The predicted molar refractivity (Wildman–Crippen MR) is 157 cm³/mol. The second-order valence-electron chi connectivity index (χ2n) is 12.6. The van der Waals surface area contributed by atoms with Crippen LogP contribution in [0.1, 0.15) is 103 Å². The fourth-order valence-corrected chi connectivity index (χ4v) is 6.38. The van der Waals surface area contributed by atoms with E-state index < -0.39 is 0 Å². The van der Waals surface area contributed by atoms with Crippen LogP contribution in [0.25, 0.3) is 0 Å². The summed E-state index contributed by atoms with van der Waals surface area (Å²) in [4.78, 5) is 15.5. The summed E-state index contributed by atoms with van der Waals surface area (Å²) in [6.07, 6.45) is 8.87. The van der Waals surface area contributed by atoms with E-state index in [2.05, 4.69) is 63.8 Å². The van der Waals surface area contributed by atoms with Gasteiger partial charge in [0.1, 0.15) is 17.1 Å². The van der Waals surface area contributed by atoms with Crippen molar-refractivity contribution < 1.29 is 19.0 Å². The third-order valence-electron chi connectivity index (χ3n) is 8.79. The lowest BCUT2D eigenvalue weighted by atomic mass is 9.66. The Balaban J connectivity index is 0.00000420. The number of carbonyl (C=O) groups excluding carboxylic acids is 1. The van der Waals surface area contributed by atoms with Crippen molar-refractivity contribution in [1.29, 1.82) is 5.26 Å². The minimum Gasteiger partial charge on any atom is -0.487 e. The number of carbonyl (C=O) groups is 1. The molecule has 2 heterocycles. The van der Waals surface area contributed by atoms with Crippen LogP contribution in [0.4, 0.5) is 0 Å². The lowest BCUT2D eigenvalue weighted by molar-refractivity contribution is -0.134. The molecule has 0 bridgehead atoms. The van der Waals surface area contributed by atoms with Crippen molar-refractivity contribution in [3.63, 3.8) is 0 Å². The van der Waals surface area contributed by atoms with E-state index in [0.29, 0.717) is 24.5 Å². The summed E-state index contributed by atoms with van der Waals surface area (Å²) in [7, 11) is 0. The fourth-order valence-electron chi connectivity index (χ4n) is 6.38. The second-order valence-corrected chi connectivity index (χ2v) is 12.6. The number of nitrogens with zero attached hydrogens (tertiary/aromatic N) is 2. The number of ether oxygens (including phenoxy) is 3. The normalized spacial score (nSPS) is 22.3. The van der Waals surface area contributed by atoms with Crippen LogP contribution in [-0.2, 0) is 14.9 Å². The van der Waals surface area contributed by atoms with Gasteiger partial charge in [-0.2, -0.15) is 5.26 Å². The lowest BCUT2D eigenvalue weighted by Crippen LogP contribution is -2.45. The summed E-state index contributed by atoms with van der Waals surface area (Å²) in [6.45, 7) is 15.3. The summed E-state index contributed by atoms with van der Waals surface area (Å²) in [5.41, 5.74) is 3.15. The Morgan fingerprint density at radius 3 is 2.67 bits per heavy atom. The molecule has 0 N–H and O–H groups in total. The Morgan fingerprint density at radius 2 is 1.95 bits per heavy atom. The summed E-state index contributed by atoms with van der Waals surface area (Å²) in [6, 6.07) is 6.55. The van der Waals surface area contributed by atoms with Crippen LogP contribution in [0, 0.1) is 17.2 Å². The molecule has 0 aromatic heterocycles. The van der Waals surface area contributed by atoms with Crippen LogP contribution in [-0.4, -0.2) is 49.3 Å². The van der Waals surface area contributed by atoms with Crippen LogP contribution in [0.2, 0.25) is 0 Å². The van der Waals surface area contributed by atoms with Gasteiger partial charge in [0, 0.05) is 43.3 Å². The number of rotatable bonds is 10. The van der Waals surface area contributed by atoms with E-state index in [1.807, 2.05) is 0 Å². The molecular formula is C32H47ClN2O4. The molecule has 3 aliphatic rings. The monoisotopic (exact) mass is 558 g/mol. The van der Waals surface area contributed by atoms with E-state index in [-0.39, 0.29) is 35.3 Å². The first-order chi connectivity index (χ1) is 18.1. The van der Waals surface area contributed by atoms with Gasteiger partial charge in [0.25, 0.3) is 0 Å². The number of esters is 1. The van der Waals surface area contributed by atoms with E-state index in [4.69, 9.17) is 19.5 Å². The molecule has 0 amide bonds. The first-order valence-electron chi connectivity index (χ1n) is 14.5. The highest BCUT2D eigenvalue weighted by Gasteiger charge is 2.46. The minimum atomic E-state index is -0.302. The van der Waals surface area contributed by atoms with Gasteiger partial charge in [0.15, 0.2) is 0 Å². The standard InChI is InChI=1S/C32H46N2O4.ClH/c1-23-11-12-26-25(20-23)30-27(37-29(35)10-9-15-34-16-18-36-19-17-34)21-24(22-28(30)38-32(26,4)5)31(2,3)13-7-6-8-14-33;/h11,21-22,25-26H,6-10,12-13,15-20H2,1-5H3;1H/t25-,26-;/m1./s1. The van der Waals surface area contributed by atoms with E-state index in [9.17, 15) is 4.79 Å². The molecule has 6 nitrogen and oxygen atoms in total. The molecule has 2 atom stereocenters. The van der Waals surface area contributed by atoms with E-state index in [1.165, 1.54) is 5.57 Å². The molecule has 0 spiro atoms. The maximum absolute atomic E-state index is 13.1. The van der Waals surface area contributed by atoms with Gasteiger partial charge in [-0.05, 0) is 82.5 Å². The topological polar surface area (TPSA) is 71.8 Å². The van der Waals surface area contributed by atoms with E-state index in [0.717, 1.165) is 88.2 Å². The van der Waals surface area contributed by atoms with E-state index >= 15 is 0 Å². The quantitative estimate of drug-likeness (QED) is 0.132. The molecule has 216 valence electrons. The molecule has 1 aliphatic carbocycles. The van der Waals surface area contributed by atoms with E-state index in [1.54, 1.807) is 0 Å². The average molecular weight is 559 g/mol. The van der Waals surface area contributed by atoms with Crippen molar-refractivity contribution in [3.8, 4) is 17.6 Å². The number of morpholine rings is 1. The van der Waals surface area contributed by atoms with Crippen molar-refractivity contribution in [1.82, 2.24) is 4.90 Å². The zero-order chi connectivity index (χ0) is 27.3. The van der Waals surface area contributed by atoms with Crippen LogP contribution < -0.4 is 9.47 Å². The maximum Gasteiger partial charge on any atom is 0.311 e. The maximum atomic E-state index is 13.1.